The van der Waals surface area contributed by atoms with Gasteiger partial charge in [0.15, 0.2) is 0 Å². The summed E-state index contributed by atoms with van der Waals surface area (Å²) in [6.45, 7) is 6.88. The first-order chi connectivity index (χ1) is 19.0. The van der Waals surface area contributed by atoms with Gasteiger partial charge in [0.1, 0.15) is 6.61 Å². The largest absolute Gasteiger partial charge is 0.464 e. The smallest absolute Gasteiger partial charge is 0.305 e. The molecule has 5 nitrogen and oxygen atoms in total. The lowest BCUT2D eigenvalue weighted by molar-refractivity contribution is -0.146. The Bertz CT molecular complexity index is 539. The van der Waals surface area contributed by atoms with Crippen LogP contribution in [0.2, 0.25) is 0 Å². The molecule has 232 valence electrons. The lowest BCUT2D eigenvalue weighted by Gasteiger charge is -2.24. The van der Waals surface area contributed by atoms with Crippen molar-refractivity contribution in [3.05, 3.63) is 0 Å². The van der Waals surface area contributed by atoms with Crippen LogP contribution in [-0.2, 0) is 14.3 Å². The van der Waals surface area contributed by atoms with Crippen molar-refractivity contribution in [2.45, 2.75) is 168 Å². The van der Waals surface area contributed by atoms with E-state index in [1.807, 2.05) is 19.0 Å². The van der Waals surface area contributed by atoms with Crippen molar-refractivity contribution < 1.29 is 14.3 Å². The highest BCUT2D eigenvalue weighted by Gasteiger charge is 2.14. The molecule has 0 fully saturated rings. The van der Waals surface area contributed by atoms with Crippen molar-refractivity contribution in [1.82, 2.24) is 9.80 Å². The molecule has 0 aromatic carbocycles. The van der Waals surface area contributed by atoms with Gasteiger partial charge in [0.2, 0.25) is 5.91 Å². The average Bonchev–Trinajstić information content (AvgIpc) is 2.92. The van der Waals surface area contributed by atoms with Gasteiger partial charge < -0.3 is 14.5 Å². The van der Waals surface area contributed by atoms with E-state index >= 15 is 0 Å². The first kappa shape index (κ1) is 37.9. The molecule has 0 N–H and O–H groups in total. The van der Waals surface area contributed by atoms with Crippen molar-refractivity contribution in [3.8, 4) is 0 Å². The van der Waals surface area contributed by atoms with Crippen molar-refractivity contribution in [3.63, 3.8) is 0 Å². The zero-order chi connectivity index (χ0) is 28.8. The molecule has 0 rings (SSSR count). The molecule has 0 aromatic rings. The summed E-state index contributed by atoms with van der Waals surface area (Å²) in [7, 11) is 4.06. The van der Waals surface area contributed by atoms with E-state index in [2.05, 4.69) is 18.7 Å². The highest BCUT2D eigenvalue weighted by atomic mass is 16.5. The molecule has 0 bridgehead atoms. The Kier molecular flexibility index (Phi) is 29.0. The molecule has 39 heavy (non-hydrogen) atoms. The Morgan fingerprint density at radius 3 is 1.28 bits per heavy atom. The molecule has 0 spiro atoms. The van der Waals surface area contributed by atoms with E-state index in [-0.39, 0.29) is 11.9 Å². The Hall–Kier alpha value is -1.10. The second-order valence-corrected chi connectivity index (χ2v) is 12.0. The molecule has 0 heterocycles. The zero-order valence-corrected chi connectivity index (χ0v) is 26.9. The first-order valence-electron chi connectivity index (χ1n) is 17.1. The van der Waals surface area contributed by atoms with Crippen LogP contribution in [0.1, 0.15) is 168 Å². The summed E-state index contributed by atoms with van der Waals surface area (Å²) in [6.07, 6.45) is 29.3. The summed E-state index contributed by atoms with van der Waals surface area (Å²) in [5.74, 6) is 0.0884. The lowest BCUT2D eigenvalue weighted by Crippen LogP contribution is -2.39. The summed E-state index contributed by atoms with van der Waals surface area (Å²) < 4.78 is 5.49. The second kappa shape index (κ2) is 29.9. The summed E-state index contributed by atoms with van der Waals surface area (Å²) in [5.41, 5.74) is 0. The molecular weight excluding hydrogens is 484 g/mol. The number of amides is 1. The van der Waals surface area contributed by atoms with Gasteiger partial charge in [-0.05, 0) is 26.9 Å². The molecule has 0 atom stereocenters. The highest BCUT2D eigenvalue weighted by molar-refractivity contribution is 5.76. The normalized spacial score (nSPS) is 11.3. The lowest BCUT2D eigenvalue weighted by atomic mass is 10.1. The number of hydrogen-bond acceptors (Lipinski definition) is 4. The zero-order valence-electron chi connectivity index (χ0n) is 26.9. The monoisotopic (exact) mass is 553 g/mol. The Labute approximate surface area is 244 Å². The number of rotatable bonds is 30. The fourth-order valence-electron chi connectivity index (χ4n) is 5.06. The number of ether oxygens (including phenoxy) is 1. The number of unbranched alkanes of at least 4 members (excludes halogenated alkanes) is 20. The highest BCUT2D eigenvalue weighted by Crippen LogP contribution is 2.14. The molecule has 1 amide bonds. The fourth-order valence-corrected chi connectivity index (χ4v) is 5.06. The van der Waals surface area contributed by atoms with Crippen LogP contribution >= 0.6 is 0 Å². The van der Waals surface area contributed by atoms with Gasteiger partial charge >= 0.3 is 5.97 Å². The maximum absolute atomic E-state index is 12.8. The van der Waals surface area contributed by atoms with Gasteiger partial charge in [-0.15, -0.1) is 0 Å². The van der Waals surface area contributed by atoms with E-state index < -0.39 is 0 Å². The predicted molar refractivity (Wildman–Crippen MR) is 168 cm³/mol. The molecule has 5 heteroatoms. The molecule has 0 aromatic heterocycles. The minimum Gasteiger partial charge on any atom is -0.464 e. The number of hydrogen-bond donors (Lipinski definition) is 0. The third-order valence-corrected chi connectivity index (χ3v) is 7.77. The summed E-state index contributed by atoms with van der Waals surface area (Å²) in [5, 5.41) is 0. The fraction of sp³-hybridized carbons (Fsp3) is 0.941. The predicted octanol–water partition coefficient (Wildman–Crippen LogP) is 9.32. The van der Waals surface area contributed by atoms with E-state index in [0.29, 0.717) is 32.5 Å². The Balaban J connectivity index is 3.88. The van der Waals surface area contributed by atoms with Gasteiger partial charge in [0, 0.05) is 25.9 Å². The number of esters is 1. The molecule has 0 saturated heterocycles. The average molecular weight is 553 g/mol. The molecule has 0 aliphatic rings. The molecular formula is C34H68N2O3. The second-order valence-electron chi connectivity index (χ2n) is 12.0. The van der Waals surface area contributed by atoms with Crippen LogP contribution in [0.25, 0.3) is 0 Å². The summed E-state index contributed by atoms with van der Waals surface area (Å²) >= 11 is 0. The number of carbonyl (C=O) groups is 2. The number of likely N-dealkylation sites (N-methyl/N-ethyl adjacent to an activating group) is 1. The van der Waals surface area contributed by atoms with Gasteiger partial charge in [0.25, 0.3) is 0 Å². The van der Waals surface area contributed by atoms with Gasteiger partial charge in [0.05, 0.1) is 6.54 Å². The summed E-state index contributed by atoms with van der Waals surface area (Å²) in [4.78, 5) is 29.0. The Morgan fingerprint density at radius 2 is 0.872 bits per heavy atom. The van der Waals surface area contributed by atoms with Crippen LogP contribution in [0.4, 0.5) is 0 Å². The Morgan fingerprint density at radius 1 is 0.487 bits per heavy atom. The van der Waals surface area contributed by atoms with Gasteiger partial charge in [-0.1, -0.05) is 142 Å². The van der Waals surface area contributed by atoms with Crippen LogP contribution in [-0.4, -0.2) is 62.0 Å². The number of nitrogens with zero attached hydrogens (tertiary/aromatic N) is 2. The van der Waals surface area contributed by atoms with E-state index in [0.717, 1.165) is 32.2 Å². The maximum Gasteiger partial charge on any atom is 0.305 e. The molecule has 0 aliphatic heterocycles. The molecule has 0 aliphatic carbocycles. The van der Waals surface area contributed by atoms with Crippen molar-refractivity contribution >= 4 is 11.9 Å². The summed E-state index contributed by atoms with van der Waals surface area (Å²) in [6, 6.07) is 0. The quantitative estimate of drug-likeness (QED) is 0.0658. The topological polar surface area (TPSA) is 49.9 Å². The minimum atomic E-state index is -0.115. The van der Waals surface area contributed by atoms with E-state index in [9.17, 15) is 9.59 Å². The minimum absolute atomic E-state index is 0.115. The van der Waals surface area contributed by atoms with Crippen LogP contribution < -0.4 is 0 Å². The van der Waals surface area contributed by atoms with E-state index in [4.69, 9.17) is 4.74 Å². The maximum atomic E-state index is 12.8. The SMILES string of the molecule is CCCCCCCCCCCCCC(=O)OCCN(CCN(C)C)C(=O)CCCCCCCCCCCCC. The van der Waals surface area contributed by atoms with E-state index in [1.54, 1.807) is 0 Å². The van der Waals surface area contributed by atoms with Crippen molar-refractivity contribution in [2.75, 3.05) is 40.3 Å². The van der Waals surface area contributed by atoms with Crippen LogP contribution in [0.5, 0.6) is 0 Å². The van der Waals surface area contributed by atoms with Crippen molar-refractivity contribution in [2.24, 2.45) is 0 Å². The van der Waals surface area contributed by atoms with Crippen LogP contribution in [0.3, 0.4) is 0 Å². The third kappa shape index (κ3) is 28.2. The molecule has 0 radical (unpaired) electrons. The van der Waals surface area contributed by atoms with Gasteiger partial charge in [-0.25, -0.2) is 0 Å². The first-order valence-corrected chi connectivity index (χ1v) is 17.1. The van der Waals surface area contributed by atoms with Crippen LogP contribution in [0.15, 0.2) is 0 Å². The van der Waals surface area contributed by atoms with E-state index in [1.165, 1.54) is 116 Å². The standard InChI is InChI=1S/C34H68N2O3/c1-5-7-9-11-13-15-17-19-21-23-25-27-33(37)36(30-29-35(3)4)31-32-39-34(38)28-26-24-22-20-18-16-14-12-10-8-6-2/h5-32H2,1-4H3. The number of carbonyl (C=O) groups excluding carboxylic acids is 2. The van der Waals surface area contributed by atoms with Gasteiger partial charge in [-0.2, -0.15) is 0 Å². The van der Waals surface area contributed by atoms with Crippen molar-refractivity contribution in [1.29, 1.82) is 0 Å². The third-order valence-electron chi connectivity index (χ3n) is 7.77. The van der Waals surface area contributed by atoms with Gasteiger partial charge in [-0.3, -0.25) is 9.59 Å². The molecule has 0 saturated carbocycles. The van der Waals surface area contributed by atoms with Crippen LogP contribution in [0, 0.1) is 0 Å². The molecule has 0 unspecified atom stereocenters.